The fraction of sp³-hybridized carbons (Fsp3) is 0.105. The van der Waals surface area contributed by atoms with Crippen molar-refractivity contribution in [2.24, 2.45) is 5.10 Å². The third-order valence-corrected chi connectivity index (χ3v) is 4.16. The largest absolute Gasteiger partial charge is 0.271 e. The van der Waals surface area contributed by atoms with Gasteiger partial charge in [0.1, 0.15) is 5.15 Å². The molecular weight excluding hydrogens is 336 g/mol. The zero-order valence-electron chi connectivity index (χ0n) is 13.9. The minimum absolute atomic E-state index is 0.265. The first-order valence-electron chi connectivity index (χ1n) is 7.77. The number of halogens is 1. The molecule has 1 aromatic heterocycles. The van der Waals surface area contributed by atoms with Crippen molar-refractivity contribution in [2.75, 3.05) is 0 Å². The number of aryl methyl sites for hydroxylation is 2. The summed E-state index contributed by atoms with van der Waals surface area (Å²) in [6.07, 6.45) is 1.51. The maximum Gasteiger partial charge on any atom is 0.271 e. The fourth-order valence-corrected chi connectivity index (χ4v) is 2.76. The number of nitrogens with one attached hydrogen (secondary N) is 1. The second kappa shape index (κ2) is 7.32. The van der Waals surface area contributed by atoms with E-state index in [0.29, 0.717) is 16.3 Å². The number of para-hydroxylation sites is 1. The Balaban J connectivity index is 1.80. The number of nitrogens with zero attached hydrogens (tertiary/aromatic N) is 3. The van der Waals surface area contributed by atoms with Crippen molar-refractivity contribution in [2.45, 2.75) is 13.8 Å². The summed E-state index contributed by atoms with van der Waals surface area (Å²) in [7, 11) is 0. The molecule has 0 saturated carbocycles. The van der Waals surface area contributed by atoms with Gasteiger partial charge in [-0.15, -0.1) is 0 Å². The summed E-state index contributed by atoms with van der Waals surface area (Å²) in [5.74, 6) is -0.265. The Morgan fingerprint density at radius 1 is 1.12 bits per heavy atom. The van der Waals surface area contributed by atoms with Crippen molar-refractivity contribution in [3.05, 3.63) is 82.1 Å². The van der Waals surface area contributed by atoms with Crippen molar-refractivity contribution in [1.82, 2.24) is 15.2 Å². The highest BCUT2D eigenvalue weighted by Crippen LogP contribution is 2.21. The Bertz CT molecular complexity index is 932. The fourth-order valence-electron chi connectivity index (χ4n) is 2.44. The van der Waals surface area contributed by atoms with Gasteiger partial charge in [0.05, 0.1) is 23.2 Å². The molecule has 0 radical (unpaired) electrons. The quantitative estimate of drug-likeness (QED) is 0.571. The molecular formula is C19H17ClN4O. The molecule has 3 aromatic rings. The van der Waals surface area contributed by atoms with Gasteiger partial charge in [-0.3, -0.25) is 4.79 Å². The van der Waals surface area contributed by atoms with E-state index in [9.17, 15) is 4.79 Å². The molecule has 0 saturated heterocycles. The molecule has 1 heterocycles. The van der Waals surface area contributed by atoms with Crippen molar-refractivity contribution < 1.29 is 4.79 Å². The van der Waals surface area contributed by atoms with Gasteiger partial charge >= 0.3 is 0 Å². The minimum atomic E-state index is -0.265. The first-order valence-corrected chi connectivity index (χ1v) is 8.15. The average Bonchev–Trinajstić information content (AvgIpc) is 2.91. The minimum Gasteiger partial charge on any atom is -0.267 e. The summed E-state index contributed by atoms with van der Waals surface area (Å²) < 4.78 is 1.64. The van der Waals surface area contributed by atoms with Gasteiger partial charge in [0.2, 0.25) is 0 Å². The smallest absolute Gasteiger partial charge is 0.267 e. The highest BCUT2D eigenvalue weighted by atomic mass is 35.5. The first kappa shape index (κ1) is 16.9. The van der Waals surface area contributed by atoms with Crippen LogP contribution in [0.1, 0.15) is 27.2 Å². The van der Waals surface area contributed by atoms with Gasteiger partial charge in [0, 0.05) is 5.56 Å². The van der Waals surface area contributed by atoms with Crippen LogP contribution in [0.5, 0.6) is 0 Å². The lowest BCUT2D eigenvalue weighted by Gasteiger charge is -2.03. The van der Waals surface area contributed by atoms with E-state index < -0.39 is 0 Å². The van der Waals surface area contributed by atoms with Gasteiger partial charge in [0.25, 0.3) is 5.91 Å². The molecule has 126 valence electrons. The van der Waals surface area contributed by atoms with Crippen molar-refractivity contribution >= 4 is 23.7 Å². The van der Waals surface area contributed by atoms with Crippen molar-refractivity contribution in [1.29, 1.82) is 0 Å². The maximum atomic E-state index is 12.2. The highest BCUT2D eigenvalue weighted by Gasteiger charge is 2.13. The number of hydrogen-bond acceptors (Lipinski definition) is 3. The summed E-state index contributed by atoms with van der Waals surface area (Å²) in [5, 5.41) is 8.90. The first-order chi connectivity index (χ1) is 12.1. The Morgan fingerprint density at radius 2 is 1.80 bits per heavy atom. The van der Waals surface area contributed by atoms with Crippen LogP contribution in [-0.4, -0.2) is 21.9 Å². The van der Waals surface area contributed by atoms with Crippen LogP contribution in [0.4, 0.5) is 0 Å². The number of carbonyl (C=O) groups excluding carboxylic acids is 1. The molecule has 0 fully saturated rings. The number of aromatic nitrogens is 2. The molecule has 6 heteroatoms. The SMILES string of the molecule is Cc1ccccc1C(=O)N/N=C\c1c(C)nn(-c2ccccc2)c1Cl. The standard InChI is InChI=1S/C19H17ClN4O/c1-13-8-6-7-11-16(13)19(25)22-21-12-17-14(2)23-24(18(17)20)15-9-4-3-5-10-15/h3-12H,1-2H3,(H,22,25)/b21-12-. The van der Waals surface area contributed by atoms with Crippen LogP contribution in [0.25, 0.3) is 5.69 Å². The lowest BCUT2D eigenvalue weighted by molar-refractivity contribution is 0.0954. The average molecular weight is 353 g/mol. The van der Waals surface area contributed by atoms with Crippen LogP contribution in [0.3, 0.4) is 0 Å². The van der Waals surface area contributed by atoms with Crippen LogP contribution >= 0.6 is 11.6 Å². The molecule has 0 atom stereocenters. The topological polar surface area (TPSA) is 59.3 Å². The van der Waals surface area contributed by atoms with Crippen LogP contribution < -0.4 is 5.43 Å². The Kier molecular flexibility index (Phi) is 4.95. The number of hydrogen-bond donors (Lipinski definition) is 1. The molecule has 0 unspecified atom stereocenters. The summed E-state index contributed by atoms with van der Waals surface area (Å²) in [4.78, 5) is 12.2. The Hall–Kier alpha value is -2.92. The molecule has 1 amide bonds. The molecule has 0 aliphatic heterocycles. The van der Waals surface area contributed by atoms with Crippen LogP contribution in [0.15, 0.2) is 59.7 Å². The molecule has 1 N–H and O–H groups in total. The summed E-state index contributed by atoms with van der Waals surface area (Å²) in [6.45, 7) is 3.72. The van der Waals surface area contributed by atoms with E-state index in [4.69, 9.17) is 11.6 Å². The van der Waals surface area contributed by atoms with Crippen molar-refractivity contribution in [3.8, 4) is 5.69 Å². The zero-order valence-corrected chi connectivity index (χ0v) is 14.7. The van der Waals surface area contributed by atoms with E-state index in [1.807, 2.05) is 62.4 Å². The normalized spacial score (nSPS) is 11.0. The molecule has 0 aliphatic carbocycles. The Morgan fingerprint density at radius 3 is 2.52 bits per heavy atom. The van der Waals surface area contributed by atoms with Gasteiger partial charge in [-0.2, -0.15) is 10.2 Å². The summed E-state index contributed by atoms with van der Waals surface area (Å²) in [6, 6.07) is 16.9. The zero-order chi connectivity index (χ0) is 17.8. The Labute approximate surface area is 150 Å². The lowest BCUT2D eigenvalue weighted by Crippen LogP contribution is -2.18. The number of carbonyl (C=O) groups is 1. The van der Waals surface area contributed by atoms with Crippen molar-refractivity contribution in [3.63, 3.8) is 0 Å². The van der Waals surface area contributed by atoms with Gasteiger partial charge in [-0.05, 0) is 37.6 Å². The molecule has 0 spiro atoms. The predicted molar refractivity (Wildman–Crippen MR) is 99.6 cm³/mol. The van der Waals surface area contributed by atoms with Gasteiger partial charge in [0.15, 0.2) is 0 Å². The van der Waals surface area contributed by atoms with E-state index in [1.54, 1.807) is 10.7 Å². The summed E-state index contributed by atoms with van der Waals surface area (Å²) >= 11 is 6.42. The lowest BCUT2D eigenvalue weighted by atomic mass is 10.1. The number of amides is 1. The molecule has 0 bridgehead atoms. The third kappa shape index (κ3) is 3.61. The number of hydrazone groups is 1. The second-order valence-electron chi connectivity index (χ2n) is 5.55. The second-order valence-corrected chi connectivity index (χ2v) is 5.91. The summed E-state index contributed by atoms with van der Waals surface area (Å²) in [5.41, 5.74) is 6.25. The predicted octanol–water partition coefficient (Wildman–Crippen LogP) is 3.91. The number of benzene rings is 2. The molecule has 0 aliphatic rings. The highest BCUT2D eigenvalue weighted by molar-refractivity contribution is 6.32. The van der Waals surface area contributed by atoms with E-state index in [0.717, 1.165) is 16.9 Å². The monoisotopic (exact) mass is 352 g/mol. The van der Waals surface area contributed by atoms with Crippen LogP contribution in [0.2, 0.25) is 5.15 Å². The maximum absolute atomic E-state index is 12.2. The molecule has 3 rings (SSSR count). The van der Waals surface area contributed by atoms with E-state index in [1.165, 1.54) is 6.21 Å². The van der Waals surface area contributed by atoms with E-state index >= 15 is 0 Å². The van der Waals surface area contributed by atoms with E-state index in [2.05, 4.69) is 15.6 Å². The molecule has 2 aromatic carbocycles. The molecule has 25 heavy (non-hydrogen) atoms. The number of rotatable bonds is 4. The third-order valence-electron chi connectivity index (χ3n) is 3.80. The van der Waals surface area contributed by atoms with Crippen LogP contribution in [0, 0.1) is 13.8 Å². The van der Waals surface area contributed by atoms with Gasteiger partial charge in [-0.1, -0.05) is 48.0 Å². The molecule has 5 nitrogen and oxygen atoms in total. The van der Waals surface area contributed by atoms with E-state index in [-0.39, 0.29) is 5.91 Å². The van der Waals surface area contributed by atoms with Crippen LogP contribution in [-0.2, 0) is 0 Å². The van der Waals surface area contributed by atoms with Gasteiger partial charge in [-0.25, -0.2) is 10.1 Å². The van der Waals surface area contributed by atoms with Gasteiger partial charge < -0.3 is 0 Å².